The minimum Gasteiger partial charge on any atom is -0.488 e. The minimum atomic E-state index is -0.273. The lowest BCUT2D eigenvalue weighted by Crippen LogP contribution is -2.06. The number of benzene rings is 2. The highest BCUT2D eigenvalue weighted by Gasteiger charge is 2.08. The van der Waals surface area contributed by atoms with Crippen LogP contribution in [0.15, 0.2) is 42.5 Å². The maximum absolute atomic E-state index is 13.5. The molecule has 0 amide bonds. The van der Waals surface area contributed by atoms with Crippen molar-refractivity contribution in [1.29, 1.82) is 0 Å². The third-order valence-electron chi connectivity index (χ3n) is 2.81. The molecule has 100 valence electrons. The van der Waals surface area contributed by atoms with Gasteiger partial charge in [-0.05, 0) is 31.2 Å². The Morgan fingerprint density at radius 2 is 1.89 bits per heavy atom. The minimum absolute atomic E-state index is 0.171. The summed E-state index contributed by atoms with van der Waals surface area (Å²) in [6.07, 6.45) is 0.631. The lowest BCUT2D eigenvalue weighted by Gasteiger charge is -2.12. The Kier molecular flexibility index (Phi) is 4.77. The van der Waals surface area contributed by atoms with Crippen molar-refractivity contribution in [2.75, 3.05) is 6.54 Å². The lowest BCUT2D eigenvalue weighted by molar-refractivity contribution is 0.297. The van der Waals surface area contributed by atoms with Crippen molar-refractivity contribution in [1.82, 2.24) is 0 Å². The predicted octanol–water partition coefficient (Wildman–Crippen LogP) is 3.56. The van der Waals surface area contributed by atoms with Crippen LogP contribution in [0.25, 0.3) is 0 Å². The first-order valence-corrected chi connectivity index (χ1v) is 6.44. The van der Waals surface area contributed by atoms with Crippen molar-refractivity contribution in [2.45, 2.75) is 13.0 Å². The number of ether oxygens (including phenoxy) is 1. The van der Waals surface area contributed by atoms with E-state index in [9.17, 15) is 4.39 Å². The summed E-state index contributed by atoms with van der Waals surface area (Å²) in [4.78, 5) is 0. The highest BCUT2D eigenvalue weighted by atomic mass is 35.5. The Balaban J connectivity index is 2.16. The maximum atomic E-state index is 13.5. The molecule has 0 bridgehead atoms. The fraction of sp³-hybridized carbons (Fsp3) is 0.200. The van der Waals surface area contributed by atoms with Crippen LogP contribution >= 0.6 is 11.6 Å². The van der Waals surface area contributed by atoms with Gasteiger partial charge < -0.3 is 10.5 Å². The van der Waals surface area contributed by atoms with Crippen molar-refractivity contribution in [2.24, 2.45) is 5.73 Å². The second-order valence-electron chi connectivity index (χ2n) is 4.14. The average Bonchev–Trinajstić information content (AvgIpc) is 2.41. The van der Waals surface area contributed by atoms with E-state index in [0.717, 1.165) is 5.56 Å². The van der Waals surface area contributed by atoms with Crippen LogP contribution in [0, 0.1) is 5.82 Å². The fourth-order valence-corrected chi connectivity index (χ4v) is 2.09. The molecule has 0 fully saturated rings. The van der Waals surface area contributed by atoms with Crippen molar-refractivity contribution in [3.63, 3.8) is 0 Å². The molecule has 0 heterocycles. The summed E-state index contributed by atoms with van der Waals surface area (Å²) < 4.78 is 19.2. The van der Waals surface area contributed by atoms with Crippen molar-refractivity contribution >= 4 is 11.6 Å². The van der Waals surface area contributed by atoms with E-state index in [4.69, 9.17) is 22.1 Å². The molecule has 0 atom stereocenters. The summed E-state index contributed by atoms with van der Waals surface area (Å²) in [5.41, 5.74) is 6.93. The molecule has 4 heteroatoms. The van der Waals surface area contributed by atoms with E-state index in [1.54, 1.807) is 30.3 Å². The lowest BCUT2D eigenvalue weighted by atomic mass is 10.1. The van der Waals surface area contributed by atoms with Gasteiger partial charge in [0.2, 0.25) is 0 Å². The van der Waals surface area contributed by atoms with Gasteiger partial charge in [-0.25, -0.2) is 4.39 Å². The van der Waals surface area contributed by atoms with Gasteiger partial charge in [0.15, 0.2) is 0 Å². The third kappa shape index (κ3) is 3.46. The third-order valence-corrected chi connectivity index (χ3v) is 3.17. The molecule has 19 heavy (non-hydrogen) atoms. The van der Waals surface area contributed by atoms with Gasteiger partial charge in [0.25, 0.3) is 0 Å². The average molecular weight is 280 g/mol. The SMILES string of the molecule is NCCc1c(Cl)cccc1OCc1ccccc1F. The molecule has 2 aromatic carbocycles. The van der Waals surface area contributed by atoms with Gasteiger partial charge in [0.1, 0.15) is 18.2 Å². The summed E-state index contributed by atoms with van der Waals surface area (Å²) in [5, 5.41) is 0.622. The summed E-state index contributed by atoms with van der Waals surface area (Å²) >= 11 is 6.11. The van der Waals surface area contributed by atoms with Gasteiger partial charge in [-0.2, -0.15) is 0 Å². The fourth-order valence-electron chi connectivity index (χ4n) is 1.83. The molecule has 2 nitrogen and oxygen atoms in total. The molecule has 0 saturated carbocycles. The number of hydrogen-bond acceptors (Lipinski definition) is 2. The van der Waals surface area contributed by atoms with Gasteiger partial charge in [-0.3, -0.25) is 0 Å². The molecule has 0 aromatic heterocycles. The Morgan fingerprint density at radius 1 is 1.11 bits per heavy atom. The molecule has 2 N–H and O–H groups in total. The molecule has 0 saturated heterocycles. The summed E-state index contributed by atoms with van der Waals surface area (Å²) in [6, 6.07) is 12.0. The van der Waals surface area contributed by atoms with E-state index < -0.39 is 0 Å². The van der Waals surface area contributed by atoms with Crippen LogP contribution in [0.1, 0.15) is 11.1 Å². The zero-order chi connectivity index (χ0) is 13.7. The summed E-state index contributed by atoms with van der Waals surface area (Å²) in [6.45, 7) is 0.657. The first-order valence-electron chi connectivity index (χ1n) is 6.06. The topological polar surface area (TPSA) is 35.2 Å². The second kappa shape index (κ2) is 6.55. The van der Waals surface area contributed by atoms with Gasteiger partial charge >= 0.3 is 0 Å². The molecule has 0 spiro atoms. The van der Waals surface area contributed by atoms with E-state index in [1.807, 2.05) is 6.07 Å². The van der Waals surface area contributed by atoms with Crippen LogP contribution in [0.4, 0.5) is 4.39 Å². The molecule has 0 aliphatic heterocycles. The Bertz CT molecular complexity index is 560. The molecule has 0 aliphatic carbocycles. The molecule has 0 radical (unpaired) electrons. The van der Waals surface area contributed by atoms with Gasteiger partial charge in [-0.15, -0.1) is 0 Å². The standard InChI is InChI=1S/C15H15ClFNO/c16-13-5-3-7-15(12(13)8-9-18)19-10-11-4-1-2-6-14(11)17/h1-7H,8-10,18H2. The first-order chi connectivity index (χ1) is 9.22. The molecular formula is C15H15ClFNO. The van der Waals surface area contributed by atoms with Crippen LogP contribution < -0.4 is 10.5 Å². The first kappa shape index (κ1) is 13.8. The maximum Gasteiger partial charge on any atom is 0.129 e. The van der Waals surface area contributed by atoms with Crippen LogP contribution in [0.2, 0.25) is 5.02 Å². The smallest absolute Gasteiger partial charge is 0.129 e. The highest BCUT2D eigenvalue weighted by molar-refractivity contribution is 6.31. The van der Waals surface area contributed by atoms with E-state index in [2.05, 4.69) is 0 Å². The summed E-state index contributed by atoms with van der Waals surface area (Å²) in [5.74, 6) is 0.381. The zero-order valence-corrected chi connectivity index (χ0v) is 11.2. The number of halogens is 2. The van der Waals surface area contributed by atoms with Gasteiger partial charge in [0, 0.05) is 16.1 Å². The van der Waals surface area contributed by atoms with Crippen molar-refractivity contribution < 1.29 is 9.13 Å². The van der Waals surface area contributed by atoms with E-state index >= 15 is 0 Å². The monoisotopic (exact) mass is 279 g/mol. The van der Waals surface area contributed by atoms with Crippen LogP contribution in [0.5, 0.6) is 5.75 Å². The van der Waals surface area contributed by atoms with Crippen molar-refractivity contribution in [3.8, 4) is 5.75 Å². The second-order valence-corrected chi connectivity index (χ2v) is 4.54. The van der Waals surface area contributed by atoms with Gasteiger partial charge in [-0.1, -0.05) is 35.9 Å². The van der Waals surface area contributed by atoms with Crippen LogP contribution in [-0.2, 0) is 13.0 Å². The van der Waals surface area contributed by atoms with E-state index in [1.165, 1.54) is 6.07 Å². The van der Waals surface area contributed by atoms with Gasteiger partial charge in [0.05, 0.1) is 0 Å². The number of rotatable bonds is 5. The number of nitrogens with two attached hydrogens (primary N) is 1. The van der Waals surface area contributed by atoms with Crippen molar-refractivity contribution in [3.05, 3.63) is 64.4 Å². The zero-order valence-electron chi connectivity index (χ0n) is 10.4. The molecular weight excluding hydrogens is 265 g/mol. The van der Waals surface area contributed by atoms with E-state index in [0.29, 0.717) is 29.3 Å². The Hall–Kier alpha value is -1.58. The highest BCUT2D eigenvalue weighted by Crippen LogP contribution is 2.27. The van der Waals surface area contributed by atoms with E-state index in [-0.39, 0.29) is 12.4 Å². The predicted molar refractivity (Wildman–Crippen MR) is 74.9 cm³/mol. The van der Waals surface area contributed by atoms with Crippen LogP contribution in [0.3, 0.4) is 0 Å². The quantitative estimate of drug-likeness (QED) is 0.908. The molecule has 0 aliphatic rings. The molecule has 2 rings (SSSR count). The molecule has 0 unspecified atom stereocenters. The Labute approximate surface area is 117 Å². The Morgan fingerprint density at radius 3 is 2.63 bits per heavy atom. The largest absolute Gasteiger partial charge is 0.488 e. The van der Waals surface area contributed by atoms with Crippen LogP contribution in [-0.4, -0.2) is 6.54 Å². The summed E-state index contributed by atoms with van der Waals surface area (Å²) in [7, 11) is 0. The molecule has 2 aromatic rings. The normalized spacial score (nSPS) is 10.5. The number of hydrogen-bond donors (Lipinski definition) is 1.